The molecule has 6 nitrogen and oxygen atoms in total. The zero-order valence-corrected chi connectivity index (χ0v) is 19.5. The number of esters is 1. The fourth-order valence-corrected chi connectivity index (χ4v) is 3.56. The Labute approximate surface area is 194 Å². The molecular weight excluding hydrogens is 439 g/mol. The highest BCUT2D eigenvalue weighted by molar-refractivity contribution is 6.30. The first-order valence-corrected chi connectivity index (χ1v) is 10.3. The van der Waals surface area contributed by atoms with Gasteiger partial charge < -0.3 is 14.4 Å². The van der Waals surface area contributed by atoms with Crippen LogP contribution in [-0.2, 0) is 20.7 Å². The first-order valence-electron chi connectivity index (χ1n) is 9.92. The van der Waals surface area contributed by atoms with Crippen LogP contribution in [0.5, 0.6) is 5.75 Å². The average molecular weight is 467 g/mol. The van der Waals surface area contributed by atoms with Crippen LogP contribution in [0.15, 0.2) is 48.5 Å². The summed E-state index contributed by atoms with van der Waals surface area (Å²) < 4.78 is 11.1. The number of benzene rings is 2. The second-order valence-corrected chi connectivity index (χ2v) is 8.17. The fourth-order valence-electron chi connectivity index (χ4n) is 3.36. The summed E-state index contributed by atoms with van der Waals surface area (Å²) in [5.74, 6) is 0.343. The molecule has 0 N–H and O–H groups in total. The molecule has 3 rings (SSSR count). The number of cyclic esters (lactones) is 1. The Morgan fingerprint density at radius 2 is 1.97 bits per heavy atom. The Morgan fingerprint density at radius 1 is 1.26 bits per heavy atom. The molecule has 1 heterocycles. The van der Waals surface area contributed by atoms with Gasteiger partial charge in [0, 0.05) is 31.7 Å². The third-order valence-electron chi connectivity index (χ3n) is 5.17. The summed E-state index contributed by atoms with van der Waals surface area (Å²) in [6.45, 7) is 3.02. The van der Waals surface area contributed by atoms with Gasteiger partial charge in [-0.05, 0) is 48.7 Å². The SMILES string of the molecule is CC(Cc1ccc(OCC(=O)N(C)C)cc1)N1CC(=O)OC(c2cccc(Cl)c2)C1.Cl. The minimum Gasteiger partial charge on any atom is -0.484 e. The fraction of sp³-hybridized carbons (Fsp3) is 0.391. The Kier molecular flexibility index (Phi) is 9.16. The summed E-state index contributed by atoms with van der Waals surface area (Å²) >= 11 is 6.09. The number of rotatable bonds is 7. The number of halogens is 2. The minimum absolute atomic E-state index is 0. The van der Waals surface area contributed by atoms with Gasteiger partial charge in [-0.15, -0.1) is 12.4 Å². The molecule has 1 fully saturated rings. The molecule has 168 valence electrons. The third kappa shape index (κ3) is 7.13. The molecule has 8 heteroatoms. The van der Waals surface area contributed by atoms with Gasteiger partial charge in [0.1, 0.15) is 11.9 Å². The molecule has 0 spiro atoms. The minimum atomic E-state index is -0.322. The second kappa shape index (κ2) is 11.4. The monoisotopic (exact) mass is 466 g/mol. The number of ether oxygens (including phenoxy) is 2. The van der Waals surface area contributed by atoms with E-state index >= 15 is 0 Å². The lowest BCUT2D eigenvalue weighted by Gasteiger charge is -2.36. The number of morpholine rings is 1. The van der Waals surface area contributed by atoms with Crippen LogP contribution in [0.25, 0.3) is 0 Å². The molecule has 0 aliphatic carbocycles. The lowest BCUT2D eigenvalue weighted by molar-refractivity contribution is -0.160. The van der Waals surface area contributed by atoms with Crippen molar-refractivity contribution < 1.29 is 19.1 Å². The Bertz CT molecular complexity index is 889. The predicted octanol–water partition coefficient (Wildman–Crippen LogP) is 3.76. The second-order valence-electron chi connectivity index (χ2n) is 7.74. The topological polar surface area (TPSA) is 59.1 Å². The van der Waals surface area contributed by atoms with Gasteiger partial charge in [-0.1, -0.05) is 35.9 Å². The Balaban J connectivity index is 0.00000341. The molecule has 1 amide bonds. The highest BCUT2D eigenvalue weighted by Crippen LogP contribution is 2.27. The molecule has 1 aliphatic rings. The van der Waals surface area contributed by atoms with E-state index in [-0.39, 0.29) is 49.6 Å². The molecule has 0 saturated carbocycles. The van der Waals surface area contributed by atoms with E-state index in [1.54, 1.807) is 20.2 Å². The van der Waals surface area contributed by atoms with Crippen molar-refractivity contribution in [1.82, 2.24) is 9.80 Å². The lowest BCUT2D eigenvalue weighted by atomic mass is 10.0. The molecule has 1 saturated heterocycles. The summed E-state index contributed by atoms with van der Waals surface area (Å²) in [7, 11) is 3.40. The largest absolute Gasteiger partial charge is 0.484 e. The van der Waals surface area contributed by atoms with Gasteiger partial charge >= 0.3 is 5.97 Å². The van der Waals surface area contributed by atoms with Crippen molar-refractivity contribution in [2.75, 3.05) is 33.8 Å². The lowest BCUT2D eigenvalue weighted by Crippen LogP contribution is -2.46. The highest BCUT2D eigenvalue weighted by atomic mass is 35.5. The van der Waals surface area contributed by atoms with Gasteiger partial charge in [0.15, 0.2) is 6.61 Å². The first kappa shape index (κ1) is 25.0. The maximum atomic E-state index is 12.2. The smallest absolute Gasteiger partial charge is 0.320 e. The van der Waals surface area contributed by atoms with Crippen LogP contribution in [0.2, 0.25) is 5.02 Å². The van der Waals surface area contributed by atoms with Crippen LogP contribution in [-0.4, -0.2) is 61.5 Å². The molecule has 31 heavy (non-hydrogen) atoms. The summed E-state index contributed by atoms with van der Waals surface area (Å²) in [6, 6.07) is 15.3. The van der Waals surface area contributed by atoms with Crippen LogP contribution in [0.1, 0.15) is 24.2 Å². The van der Waals surface area contributed by atoms with Crippen LogP contribution in [0.4, 0.5) is 0 Å². The van der Waals surface area contributed by atoms with Gasteiger partial charge in [-0.2, -0.15) is 0 Å². The summed E-state index contributed by atoms with van der Waals surface area (Å²) in [5, 5.41) is 0.628. The third-order valence-corrected chi connectivity index (χ3v) is 5.40. The molecule has 2 aromatic rings. The first-order chi connectivity index (χ1) is 14.3. The van der Waals surface area contributed by atoms with E-state index < -0.39 is 0 Å². The van der Waals surface area contributed by atoms with Gasteiger partial charge in [0.05, 0.1) is 6.54 Å². The Hall–Kier alpha value is -2.28. The zero-order valence-electron chi connectivity index (χ0n) is 17.9. The molecule has 0 aromatic heterocycles. The van der Waals surface area contributed by atoms with Gasteiger partial charge in [-0.3, -0.25) is 14.5 Å². The summed E-state index contributed by atoms with van der Waals surface area (Å²) in [4.78, 5) is 27.4. The molecular formula is C23H28Cl2N2O4. The molecule has 2 unspecified atom stereocenters. The maximum Gasteiger partial charge on any atom is 0.320 e. The van der Waals surface area contributed by atoms with Gasteiger partial charge in [0.25, 0.3) is 5.91 Å². The Morgan fingerprint density at radius 3 is 2.61 bits per heavy atom. The van der Waals surface area contributed by atoms with Crippen LogP contribution < -0.4 is 4.74 Å². The zero-order chi connectivity index (χ0) is 21.7. The van der Waals surface area contributed by atoms with E-state index in [9.17, 15) is 9.59 Å². The van der Waals surface area contributed by atoms with E-state index in [2.05, 4.69) is 11.8 Å². The van der Waals surface area contributed by atoms with Crippen molar-refractivity contribution in [2.45, 2.75) is 25.5 Å². The predicted molar refractivity (Wildman–Crippen MR) is 123 cm³/mol. The van der Waals surface area contributed by atoms with Gasteiger partial charge in [0.2, 0.25) is 0 Å². The van der Waals surface area contributed by atoms with Crippen molar-refractivity contribution >= 4 is 35.9 Å². The number of hydrogen-bond donors (Lipinski definition) is 0. The molecule has 1 aliphatic heterocycles. The van der Waals surface area contributed by atoms with E-state index in [4.69, 9.17) is 21.1 Å². The number of likely N-dealkylation sites (N-methyl/N-ethyl adjacent to an activating group) is 1. The van der Waals surface area contributed by atoms with Crippen molar-refractivity contribution in [2.24, 2.45) is 0 Å². The molecule has 2 aromatic carbocycles. The number of carbonyl (C=O) groups is 2. The van der Waals surface area contributed by atoms with Crippen molar-refractivity contribution in [1.29, 1.82) is 0 Å². The van der Waals surface area contributed by atoms with Crippen LogP contribution >= 0.6 is 24.0 Å². The van der Waals surface area contributed by atoms with Crippen molar-refractivity contribution in [3.63, 3.8) is 0 Å². The van der Waals surface area contributed by atoms with Crippen molar-refractivity contribution in [3.05, 3.63) is 64.7 Å². The number of nitrogens with zero attached hydrogens (tertiary/aromatic N) is 2. The average Bonchev–Trinajstić information content (AvgIpc) is 2.72. The highest BCUT2D eigenvalue weighted by Gasteiger charge is 2.30. The standard InChI is InChI=1S/C23H27ClN2O4.ClH/c1-16(11-17-7-9-20(10-8-17)29-15-22(27)25(2)3)26-13-21(30-23(28)14-26)18-5-4-6-19(24)12-18;/h4-10,12,16,21H,11,13-15H2,1-3H3;1H. The summed E-state index contributed by atoms with van der Waals surface area (Å²) in [6.07, 6.45) is 0.462. The normalized spacial score (nSPS) is 17.3. The molecule has 0 bridgehead atoms. The van der Waals surface area contributed by atoms with Crippen LogP contribution in [0.3, 0.4) is 0 Å². The molecule has 2 atom stereocenters. The van der Waals surface area contributed by atoms with E-state index in [0.717, 1.165) is 17.5 Å². The molecule has 0 radical (unpaired) electrons. The van der Waals surface area contributed by atoms with Crippen LogP contribution in [0, 0.1) is 0 Å². The quantitative estimate of drug-likeness (QED) is 0.581. The van der Waals surface area contributed by atoms with E-state index in [1.807, 2.05) is 42.5 Å². The van der Waals surface area contributed by atoms with Crippen molar-refractivity contribution in [3.8, 4) is 5.75 Å². The number of carbonyl (C=O) groups excluding carboxylic acids is 2. The number of amides is 1. The number of hydrogen-bond acceptors (Lipinski definition) is 5. The maximum absolute atomic E-state index is 12.2. The van der Waals surface area contributed by atoms with E-state index in [1.165, 1.54) is 4.90 Å². The van der Waals surface area contributed by atoms with E-state index in [0.29, 0.717) is 17.3 Å². The summed E-state index contributed by atoms with van der Waals surface area (Å²) in [5.41, 5.74) is 2.04. The van der Waals surface area contributed by atoms with Gasteiger partial charge in [-0.25, -0.2) is 0 Å².